The Labute approximate surface area is 160 Å². The maximum absolute atomic E-state index is 10.1. The van der Waals surface area contributed by atoms with Gasteiger partial charge in [0.1, 0.15) is 17.7 Å². The van der Waals surface area contributed by atoms with Crippen LogP contribution in [0.5, 0.6) is 0 Å². The third kappa shape index (κ3) is 5.47. The number of nitrogens with one attached hydrogen (secondary N) is 2. The van der Waals surface area contributed by atoms with Gasteiger partial charge in [-0.3, -0.25) is 4.99 Å². The summed E-state index contributed by atoms with van der Waals surface area (Å²) in [4.78, 5) is 11.4. The molecule has 3 heterocycles. The summed E-state index contributed by atoms with van der Waals surface area (Å²) in [5.74, 6) is 2.31. The summed E-state index contributed by atoms with van der Waals surface area (Å²) < 4.78 is 5.23. The number of hydrogen-bond acceptors (Lipinski definition) is 5. The molecule has 7 nitrogen and oxygen atoms in total. The Morgan fingerprint density at radius 3 is 2.81 bits per heavy atom. The van der Waals surface area contributed by atoms with E-state index in [-0.39, 0.29) is 6.54 Å². The standard InChI is InChI=1S/C20H29N5O2/c1-3-21-20(23-14-17(26)18-5-4-12-27-18)24-16-8-10-25(11-9-16)19-7-6-15(2)13-22-19/h4-7,12-13,16-17,26H,3,8-11,14H2,1-2H3,(H2,21,23,24). The largest absolute Gasteiger partial charge is 0.467 e. The topological polar surface area (TPSA) is 85.9 Å². The van der Waals surface area contributed by atoms with E-state index < -0.39 is 6.10 Å². The molecule has 1 aliphatic rings. The molecule has 3 N–H and O–H groups in total. The SMILES string of the molecule is CCNC(=NCC(O)c1ccco1)NC1CCN(c2ccc(C)cn2)CC1. The molecule has 1 fully saturated rings. The second-order valence-electron chi connectivity index (χ2n) is 6.85. The predicted molar refractivity (Wildman–Crippen MR) is 107 cm³/mol. The molecule has 2 aromatic heterocycles. The van der Waals surface area contributed by atoms with Crippen LogP contribution in [0.15, 0.2) is 46.1 Å². The summed E-state index contributed by atoms with van der Waals surface area (Å²) in [5.41, 5.74) is 1.18. The average molecular weight is 371 g/mol. The molecule has 1 atom stereocenters. The number of piperidine rings is 1. The first-order valence-electron chi connectivity index (χ1n) is 9.59. The number of hydrogen-bond donors (Lipinski definition) is 3. The van der Waals surface area contributed by atoms with E-state index >= 15 is 0 Å². The van der Waals surface area contributed by atoms with Crippen molar-refractivity contribution in [1.82, 2.24) is 15.6 Å². The van der Waals surface area contributed by atoms with Crippen molar-refractivity contribution in [3.63, 3.8) is 0 Å². The monoisotopic (exact) mass is 371 g/mol. The molecule has 0 radical (unpaired) electrons. The van der Waals surface area contributed by atoms with Crippen LogP contribution in [0.1, 0.15) is 37.2 Å². The van der Waals surface area contributed by atoms with E-state index in [2.05, 4.69) is 44.6 Å². The van der Waals surface area contributed by atoms with E-state index in [1.165, 1.54) is 5.56 Å². The first-order valence-corrected chi connectivity index (χ1v) is 9.59. The molecule has 27 heavy (non-hydrogen) atoms. The molecular formula is C20H29N5O2. The van der Waals surface area contributed by atoms with Gasteiger partial charge in [0.2, 0.25) is 0 Å². The fraction of sp³-hybridized carbons (Fsp3) is 0.500. The lowest BCUT2D eigenvalue weighted by Crippen LogP contribution is -2.49. The van der Waals surface area contributed by atoms with Gasteiger partial charge in [-0.2, -0.15) is 0 Å². The number of furan rings is 1. The zero-order chi connectivity index (χ0) is 19.1. The van der Waals surface area contributed by atoms with Crippen molar-refractivity contribution < 1.29 is 9.52 Å². The minimum Gasteiger partial charge on any atom is -0.467 e. The molecule has 0 bridgehead atoms. The van der Waals surface area contributed by atoms with Crippen LogP contribution in [0.4, 0.5) is 5.82 Å². The molecular weight excluding hydrogens is 342 g/mol. The van der Waals surface area contributed by atoms with Crippen LogP contribution in [0.3, 0.4) is 0 Å². The summed E-state index contributed by atoms with van der Waals surface area (Å²) in [6.07, 6.45) is 4.77. The second-order valence-corrected chi connectivity index (χ2v) is 6.85. The summed E-state index contributed by atoms with van der Waals surface area (Å²) in [6, 6.07) is 8.07. The number of nitrogens with zero attached hydrogens (tertiary/aromatic N) is 3. The van der Waals surface area contributed by atoms with Crippen molar-refractivity contribution in [2.75, 3.05) is 31.1 Å². The molecule has 2 aromatic rings. The Kier molecular flexibility index (Phi) is 6.70. The molecule has 146 valence electrons. The Morgan fingerprint density at radius 1 is 1.37 bits per heavy atom. The summed E-state index contributed by atoms with van der Waals surface area (Å²) >= 11 is 0. The van der Waals surface area contributed by atoms with Crippen molar-refractivity contribution in [3.05, 3.63) is 48.0 Å². The highest BCUT2D eigenvalue weighted by atomic mass is 16.4. The van der Waals surface area contributed by atoms with E-state index in [1.807, 2.05) is 13.1 Å². The van der Waals surface area contributed by atoms with Crippen molar-refractivity contribution in [3.8, 4) is 0 Å². The highest BCUT2D eigenvalue weighted by Gasteiger charge is 2.21. The minimum absolute atomic E-state index is 0.259. The van der Waals surface area contributed by atoms with Crippen LogP contribution in [0, 0.1) is 6.92 Å². The Hall–Kier alpha value is -2.54. The van der Waals surface area contributed by atoms with Gasteiger partial charge in [-0.25, -0.2) is 4.98 Å². The van der Waals surface area contributed by atoms with Crippen molar-refractivity contribution >= 4 is 11.8 Å². The molecule has 1 unspecified atom stereocenters. The van der Waals surface area contributed by atoms with E-state index in [0.717, 1.165) is 44.3 Å². The lowest BCUT2D eigenvalue weighted by molar-refractivity contribution is 0.158. The first kappa shape index (κ1) is 19.2. The fourth-order valence-corrected chi connectivity index (χ4v) is 3.16. The Bertz CT molecular complexity index is 706. The molecule has 0 aromatic carbocycles. The number of anilines is 1. The minimum atomic E-state index is -0.732. The number of aliphatic hydroxyl groups is 1. The van der Waals surface area contributed by atoms with Gasteiger partial charge in [0, 0.05) is 31.9 Å². The van der Waals surface area contributed by atoms with E-state index in [1.54, 1.807) is 18.4 Å². The Morgan fingerprint density at radius 2 is 2.19 bits per heavy atom. The quantitative estimate of drug-likeness (QED) is 0.533. The van der Waals surface area contributed by atoms with Gasteiger partial charge in [-0.1, -0.05) is 6.07 Å². The number of aliphatic imine (C=N–C) groups is 1. The van der Waals surface area contributed by atoms with Crippen molar-refractivity contribution in [1.29, 1.82) is 0 Å². The summed E-state index contributed by atoms with van der Waals surface area (Å²) in [6.45, 7) is 7.04. The first-order chi connectivity index (χ1) is 13.2. The van der Waals surface area contributed by atoms with Crippen LogP contribution in [0.25, 0.3) is 0 Å². The van der Waals surface area contributed by atoms with E-state index in [9.17, 15) is 5.11 Å². The molecule has 7 heteroatoms. The highest BCUT2D eigenvalue weighted by molar-refractivity contribution is 5.80. The lowest BCUT2D eigenvalue weighted by Gasteiger charge is -2.33. The molecule has 0 amide bonds. The van der Waals surface area contributed by atoms with E-state index in [4.69, 9.17) is 4.42 Å². The molecule has 1 aliphatic heterocycles. The molecule has 0 aliphatic carbocycles. The Balaban J connectivity index is 1.51. The van der Waals surface area contributed by atoms with Gasteiger partial charge in [0.15, 0.2) is 5.96 Å². The van der Waals surface area contributed by atoms with Gasteiger partial charge in [-0.05, 0) is 50.5 Å². The van der Waals surface area contributed by atoms with Crippen LogP contribution in [-0.4, -0.2) is 48.3 Å². The van der Waals surface area contributed by atoms with Crippen LogP contribution >= 0.6 is 0 Å². The smallest absolute Gasteiger partial charge is 0.191 e. The zero-order valence-corrected chi connectivity index (χ0v) is 16.1. The van der Waals surface area contributed by atoms with E-state index in [0.29, 0.717) is 11.8 Å². The van der Waals surface area contributed by atoms with Gasteiger partial charge >= 0.3 is 0 Å². The average Bonchev–Trinajstić information content (AvgIpc) is 3.22. The highest BCUT2D eigenvalue weighted by Crippen LogP contribution is 2.18. The molecule has 0 saturated carbocycles. The van der Waals surface area contributed by atoms with Crippen LogP contribution < -0.4 is 15.5 Å². The van der Waals surface area contributed by atoms with Gasteiger partial charge in [-0.15, -0.1) is 0 Å². The third-order valence-corrected chi connectivity index (χ3v) is 4.69. The number of aromatic nitrogens is 1. The maximum Gasteiger partial charge on any atom is 0.191 e. The third-order valence-electron chi connectivity index (χ3n) is 4.69. The summed E-state index contributed by atoms with van der Waals surface area (Å²) in [7, 11) is 0. The number of aliphatic hydroxyl groups excluding tert-OH is 1. The van der Waals surface area contributed by atoms with Gasteiger partial charge in [0.05, 0.1) is 12.8 Å². The number of pyridine rings is 1. The van der Waals surface area contributed by atoms with Gasteiger partial charge < -0.3 is 25.1 Å². The number of guanidine groups is 1. The molecule has 1 saturated heterocycles. The normalized spacial score (nSPS) is 17.0. The maximum atomic E-state index is 10.1. The number of aryl methyl sites for hydroxylation is 1. The van der Waals surface area contributed by atoms with Crippen LogP contribution in [0.2, 0.25) is 0 Å². The molecule has 3 rings (SSSR count). The second kappa shape index (κ2) is 9.41. The summed E-state index contributed by atoms with van der Waals surface area (Å²) in [5, 5.41) is 16.9. The fourth-order valence-electron chi connectivity index (χ4n) is 3.16. The lowest BCUT2D eigenvalue weighted by atomic mass is 10.1. The predicted octanol–water partition coefficient (Wildman–Crippen LogP) is 2.24. The number of rotatable bonds is 6. The molecule has 0 spiro atoms. The zero-order valence-electron chi connectivity index (χ0n) is 16.1. The van der Waals surface area contributed by atoms with Crippen molar-refractivity contribution in [2.24, 2.45) is 4.99 Å². The van der Waals surface area contributed by atoms with Gasteiger partial charge in [0.25, 0.3) is 0 Å². The van der Waals surface area contributed by atoms with Crippen molar-refractivity contribution in [2.45, 2.75) is 38.8 Å². The van der Waals surface area contributed by atoms with Crippen LogP contribution in [-0.2, 0) is 0 Å².